The zero-order valence-electron chi connectivity index (χ0n) is 8.59. The van der Waals surface area contributed by atoms with Crippen molar-refractivity contribution in [3.63, 3.8) is 0 Å². The van der Waals surface area contributed by atoms with Gasteiger partial charge in [-0.2, -0.15) is 0 Å². The van der Waals surface area contributed by atoms with Gasteiger partial charge in [0.1, 0.15) is 0 Å². The maximum atomic E-state index is 6.00. The molecule has 0 heterocycles. The Labute approximate surface area is 90.0 Å². The lowest BCUT2D eigenvalue weighted by molar-refractivity contribution is 0.0512. The normalized spacial score (nSPS) is 12.8. The van der Waals surface area contributed by atoms with Crippen LogP contribution in [-0.2, 0) is 11.3 Å². The number of nitrogen functional groups attached to an aromatic ring is 1. The van der Waals surface area contributed by atoms with Gasteiger partial charge in [0.2, 0.25) is 0 Å². The highest BCUT2D eigenvalue weighted by Crippen LogP contribution is 2.23. The van der Waals surface area contributed by atoms with Crippen molar-refractivity contribution in [3.05, 3.63) is 28.8 Å². The molecule has 0 radical (unpaired) electrons. The number of anilines is 1. The summed E-state index contributed by atoms with van der Waals surface area (Å²) >= 11 is 6.00. The van der Waals surface area contributed by atoms with Gasteiger partial charge in [0.25, 0.3) is 0 Å². The topological polar surface area (TPSA) is 35.2 Å². The van der Waals surface area contributed by atoms with E-state index in [2.05, 4.69) is 6.92 Å². The van der Waals surface area contributed by atoms with Crippen LogP contribution in [0.4, 0.5) is 5.69 Å². The molecule has 2 nitrogen and oxygen atoms in total. The van der Waals surface area contributed by atoms with E-state index in [0.717, 1.165) is 12.0 Å². The predicted molar refractivity (Wildman–Crippen MR) is 60.4 cm³/mol. The molecule has 1 atom stereocenters. The van der Waals surface area contributed by atoms with Crippen molar-refractivity contribution in [3.8, 4) is 0 Å². The number of rotatable bonds is 4. The van der Waals surface area contributed by atoms with E-state index >= 15 is 0 Å². The molecule has 1 aromatic rings. The zero-order valence-corrected chi connectivity index (χ0v) is 9.34. The number of hydrogen-bond donors (Lipinski definition) is 1. The molecule has 0 fully saturated rings. The summed E-state index contributed by atoms with van der Waals surface area (Å²) in [4.78, 5) is 0. The van der Waals surface area contributed by atoms with Gasteiger partial charge in [0, 0.05) is 16.3 Å². The first-order valence-electron chi connectivity index (χ1n) is 4.79. The molecule has 0 saturated carbocycles. The van der Waals surface area contributed by atoms with Crippen LogP contribution in [0, 0.1) is 0 Å². The Kier molecular flexibility index (Phi) is 4.23. The van der Waals surface area contributed by atoms with Crippen molar-refractivity contribution in [1.29, 1.82) is 0 Å². The summed E-state index contributed by atoms with van der Waals surface area (Å²) in [5.74, 6) is 0. The summed E-state index contributed by atoms with van der Waals surface area (Å²) in [5.41, 5.74) is 7.36. The molecule has 1 unspecified atom stereocenters. The van der Waals surface area contributed by atoms with Crippen LogP contribution in [0.15, 0.2) is 18.2 Å². The summed E-state index contributed by atoms with van der Waals surface area (Å²) in [6.07, 6.45) is 1.23. The quantitative estimate of drug-likeness (QED) is 0.780. The standard InChI is InChI=1S/C11H16ClNO/c1-3-8(2)14-7-9-10(12)5-4-6-11(9)13/h4-6,8H,3,7,13H2,1-2H3. The molecular formula is C11H16ClNO. The lowest BCUT2D eigenvalue weighted by Gasteiger charge is -2.12. The Morgan fingerprint density at radius 3 is 2.79 bits per heavy atom. The highest BCUT2D eigenvalue weighted by atomic mass is 35.5. The zero-order chi connectivity index (χ0) is 10.6. The molecule has 14 heavy (non-hydrogen) atoms. The Hall–Kier alpha value is -0.730. The van der Waals surface area contributed by atoms with E-state index in [1.807, 2.05) is 25.1 Å². The van der Waals surface area contributed by atoms with Gasteiger partial charge in [-0.25, -0.2) is 0 Å². The van der Waals surface area contributed by atoms with E-state index in [0.29, 0.717) is 17.3 Å². The predicted octanol–water partition coefficient (Wildman–Crippen LogP) is 3.24. The molecule has 0 saturated heterocycles. The minimum Gasteiger partial charge on any atom is -0.398 e. The van der Waals surface area contributed by atoms with E-state index < -0.39 is 0 Å². The third kappa shape index (κ3) is 2.89. The van der Waals surface area contributed by atoms with Gasteiger partial charge in [-0.3, -0.25) is 0 Å². The lowest BCUT2D eigenvalue weighted by atomic mass is 10.2. The van der Waals surface area contributed by atoms with Crippen molar-refractivity contribution in [2.75, 3.05) is 5.73 Å². The first kappa shape index (κ1) is 11.3. The van der Waals surface area contributed by atoms with Crippen molar-refractivity contribution in [2.24, 2.45) is 0 Å². The van der Waals surface area contributed by atoms with Crippen molar-refractivity contribution >= 4 is 17.3 Å². The molecule has 3 heteroatoms. The molecule has 0 spiro atoms. The second-order valence-corrected chi connectivity index (χ2v) is 3.74. The van der Waals surface area contributed by atoms with Gasteiger partial charge in [-0.15, -0.1) is 0 Å². The Bertz CT molecular complexity index is 281. The fraction of sp³-hybridized carbons (Fsp3) is 0.455. The Morgan fingerprint density at radius 2 is 2.21 bits per heavy atom. The first-order chi connectivity index (χ1) is 6.65. The summed E-state index contributed by atoms with van der Waals surface area (Å²) in [6, 6.07) is 5.50. The largest absolute Gasteiger partial charge is 0.398 e. The molecule has 1 rings (SSSR count). The van der Waals surface area contributed by atoms with Crippen LogP contribution >= 0.6 is 11.6 Å². The highest BCUT2D eigenvalue weighted by Gasteiger charge is 2.06. The maximum absolute atomic E-state index is 6.00. The second kappa shape index (κ2) is 5.23. The number of halogens is 1. The Morgan fingerprint density at radius 1 is 1.50 bits per heavy atom. The van der Waals surface area contributed by atoms with Crippen molar-refractivity contribution in [1.82, 2.24) is 0 Å². The average molecular weight is 214 g/mol. The highest BCUT2D eigenvalue weighted by molar-refractivity contribution is 6.31. The monoisotopic (exact) mass is 213 g/mol. The molecule has 0 aliphatic heterocycles. The summed E-state index contributed by atoms with van der Waals surface area (Å²) in [5, 5.41) is 0.674. The maximum Gasteiger partial charge on any atom is 0.0755 e. The van der Waals surface area contributed by atoms with Crippen molar-refractivity contribution in [2.45, 2.75) is 33.0 Å². The van der Waals surface area contributed by atoms with Gasteiger partial charge >= 0.3 is 0 Å². The molecule has 0 aliphatic carbocycles. The third-order valence-corrected chi connectivity index (χ3v) is 2.60. The summed E-state index contributed by atoms with van der Waals surface area (Å²) in [7, 11) is 0. The van der Waals surface area contributed by atoms with Crippen LogP contribution in [0.3, 0.4) is 0 Å². The van der Waals surface area contributed by atoms with Crippen LogP contribution in [0.2, 0.25) is 5.02 Å². The average Bonchev–Trinajstić information content (AvgIpc) is 2.16. The van der Waals surface area contributed by atoms with Gasteiger partial charge in [0.15, 0.2) is 0 Å². The van der Waals surface area contributed by atoms with E-state index in [-0.39, 0.29) is 6.10 Å². The summed E-state index contributed by atoms with van der Waals surface area (Å²) in [6.45, 7) is 4.61. The van der Waals surface area contributed by atoms with E-state index in [1.165, 1.54) is 0 Å². The fourth-order valence-corrected chi connectivity index (χ4v) is 1.31. The van der Waals surface area contributed by atoms with Crippen LogP contribution in [-0.4, -0.2) is 6.10 Å². The lowest BCUT2D eigenvalue weighted by Crippen LogP contribution is -2.07. The first-order valence-corrected chi connectivity index (χ1v) is 5.17. The molecule has 0 amide bonds. The molecule has 2 N–H and O–H groups in total. The van der Waals surface area contributed by atoms with Crippen LogP contribution < -0.4 is 5.73 Å². The van der Waals surface area contributed by atoms with Crippen LogP contribution in [0.25, 0.3) is 0 Å². The van der Waals surface area contributed by atoms with Crippen LogP contribution in [0.5, 0.6) is 0 Å². The number of ether oxygens (including phenoxy) is 1. The molecule has 78 valence electrons. The van der Waals surface area contributed by atoms with Gasteiger partial charge in [-0.05, 0) is 25.5 Å². The molecule has 1 aromatic carbocycles. The van der Waals surface area contributed by atoms with Gasteiger partial charge in [0.05, 0.1) is 12.7 Å². The number of nitrogens with two attached hydrogens (primary N) is 1. The van der Waals surface area contributed by atoms with Gasteiger partial charge < -0.3 is 10.5 Å². The third-order valence-electron chi connectivity index (χ3n) is 2.24. The minimum atomic E-state index is 0.241. The van der Waals surface area contributed by atoms with E-state index in [4.69, 9.17) is 22.1 Å². The van der Waals surface area contributed by atoms with Crippen molar-refractivity contribution < 1.29 is 4.74 Å². The number of hydrogen-bond acceptors (Lipinski definition) is 2. The molecule has 0 aliphatic rings. The SMILES string of the molecule is CCC(C)OCc1c(N)cccc1Cl. The molecular weight excluding hydrogens is 198 g/mol. The fourth-order valence-electron chi connectivity index (χ4n) is 1.07. The number of benzene rings is 1. The van der Waals surface area contributed by atoms with Crippen LogP contribution in [0.1, 0.15) is 25.8 Å². The molecule has 0 bridgehead atoms. The van der Waals surface area contributed by atoms with E-state index in [1.54, 1.807) is 0 Å². The summed E-state index contributed by atoms with van der Waals surface area (Å²) < 4.78 is 5.57. The Balaban J connectivity index is 2.66. The second-order valence-electron chi connectivity index (χ2n) is 3.34. The molecule has 0 aromatic heterocycles. The minimum absolute atomic E-state index is 0.241. The van der Waals surface area contributed by atoms with E-state index in [9.17, 15) is 0 Å². The smallest absolute Gasteiger partial charge is 0.0755 e. The van der Waals surface area contributed by atoms with Gasteiger partial charge in [-0.1, -0.05) is 24.6 Å².